The molecule has 0 rings (SSSR count). The summed E-state index contributed by atoms with van der Waals surface area (Å²) in [5, 5.41) is 5.61. The Morgan fingerprint density at radius 1 is 1.43 bits per heavy atom. The molecule has 14 heavy (non-hydrogen) atoms. The number of ether oxygens (including phenoxy) is 1. The minimum absolute atomic E-state index is 0.307. The van der Waals surface area contributed by atoms with Crippen LogP contribution < -0.4 is 10.6 Å². The molecule has 0 aromatic rings. The van der Waals surface area contributed by atoms with Gasteiger partial charge in [0.2, 0.25) is 0 Å². The summed E-state index contributed by atoms with van der Waals surface area (Å²) in [6.45, 7) is 8.16. The van der Waals surface area contributed by atoms with E-state index >= 15 is 0 Å². The van der Waals surface area contributed by atoms with E-state index in [9.17, 15) is 4.79 Å². The Morgan fingerprint density at radius 3 is 2.43 bits per heavy atom. The fourth-order valence-corrected chi connectivity index (χ4v) is 0.864. The maximum absolute atomic E-state index is 11.2. The van der Waals surface area contributed by atoms with Crippen molar-refractivity contribution in [2.45, 2.75) is 39.7 Å². The number of thiocarbonyl (C=S) groups is 1. The van der Waals surface area contributed by atoms with Crippen LogP contribution in [-0.4, -0.2) is 23.4 Å². The Morgan fingerprint density at radius 2 is 2.00 bits per heavy atom. The molecule has 1 amide bonds. The number of carbonyl (C=O) groups excluding carboxylic acids is 1. The van der Waals surface area contributed by atoms with Crippen LogP contribution in [0.2, 0.25) is 0 Å². The Balaban J connectivity index is 3.78. The molecule has 0 radical (unpaired) electrons. The molecule has 0 spiro atoms. The standard InChI is InChI=1S/C9H18N2O2S/c1-5-6-10-7(14)11-8(12)13-9(2,3)4/h5-6H2,1-4H3,(H2,10,11,12,14). The van der Waals surface area contributed by atoms with Crippen molar-refractivity contribution in [1.82, 2.24) is 10.6 Å². The molecule has 0 fully saturated rings. The van der Waals surface area contributed by atoms with E-state index < -0.39 is 11.7 Å². The lowest BCUT2D eigenvalue weighted by Gasteiger charge is -2.19. The highest BCUT2D eigenvalue weighted by Crippen LogP contribution is 2.06. The van der Waals surface area contributed by atoms with Gasteiger partial charge in [-0.1, -0.05) is 6.92 Å². The van der Waals surface area contributed by atoms with Crippen molar-refractivity contribution in [3.63, 3.8) is 0 Å². The minimum Gasteiger partial charge on any atom is -0.444 e. The first-order valence-electron chi connectivity index (χ1n) is 4.63. The lowest BCUT2D eigenvalue weighted by atomic mass is 10.2. The number of amides is 1. The van der Waals surface area contributed by atoms with E-state index in [-0.39, 0.29) is 0 Å². The van der Waals surface area contributed by atoms with Gasteiger partial charge in [0.15, 0.2) is 5.11 Å². The Kier molecular flexibility index (Phi) is 5.45. The van der Waals surface area contributed by atoms with Crippen molar-refractivity contribution in [2.24, 2.45) is 0 Å². The summed E-state index contributed by atoms with van der Waals surface area (Å²) in [5.41, 5.74) is -0.496. The van der Waals surface area contributed by atoms with Crippen molar-refractivity contribution in [3.05, 3.63) is 0 Å². The highest BCUT2D eigenvalue weighted by Gasteiger charge is 2.16. The van der Waals surface area contributed by atoms with Gasteiger partial charge in [-0.05, 0) is 39.4 Å². The first-order valence-corrected chi connectivity index (χ1v) is 5.04. The molecular weight excluding hydrogens is 200 g/mol. The van der Waals surface area contributed by atoms with Gasteiger partial charge in [0.25, 0.3) is 0 Å². The van der Waals surface area contributed by atoms with Crippen LogP contribution in [0, 0.1) is 0 Å². The molecule has 0 unspecified atom stereocenters. The van der Waals surface area contributed by atoms with Gasteiger partial charge in [0.1, 0.15) is 5.60 Å². The van der Waals surface area contributed by atoms with Crippen LogP contribution in [0.4, 0.5) is 4.79 Å². The van der Waals surface area contributed by atoms with E-state index in [2.05, 4.69) is 10.6 Å². The minimum atomic E-state index is -0.522. The third-order valence-corrected chi connectivity index (χ3v) is 1.40. The predicted octanol–water partition coefficient (Wildman–Crippen LogP) is 1.80. The molecular formula is C9H18N2O2S. The largest absolute Gasteiger partial charge is 0.444 e. The maximum atomic E-state index is 11.2. The summed E-state index contributed by atoms with van der Waals surface area (Å²) in [5.74, 6) is 0. The second-order valence-electron chi connectivity index (χ2n) is 3.88. The van der Waals surface area contributed by atoms with Gasteiger partial charge in [-0.2, -0.15) is 0 Å². The molecule has 2 N–H and O–H groups in total. The topological polar surface area (TPSA) is 50.4 Å². The van der Waals surface area contributed by atoms with Crippen LogP contribution in [0.25, 0.3) is 0 Å². The molecule has 82 valence electrons. The zero-order valence-corrected chi connectivity index (χ0v) is 9.96. The van der Waals surface area contributed by atoms with Crippen molar-refractivity contribution >= 4 is 23.4 Å². The fourth-order valence-electron chi connectivity index (χ4n) is 0.679. The number of alkyl carbamates (subject to hydrolysis) is 1. The number of carbonyl (C=O) groups is 1. The summed E-state index contributed by atoms with van der Waals surface area (Å²) >= 11 is 4.86. The van der Waals surface area contributed by atoms with E-state index in [1.54, 1.807) is 20.8 Å². The highest BCUT2D eigenvalue weighted by atomic mass is 32.1. The van der Waals surface area contributed by atoms with E-state index in [1.807, 2.05) is 6.92 Å². The third-order valence-electron chi connectivity index (χ3n) is 1.15. The zero-order chi connectivity index (χ0) is 11.2. The zero-order valence-electron chi connectivity index (χ0n) is 9.14. The van der Waals surface area contributed by atoms with Crippen LogP contribution in [0.15, 0.2) is 0 Å². The molecule has 0 bridgehead atoms. The Labute approximate surface area is 90.4 Å². The Hall–Kier alpha value is -0.840. The molecule has 0 saturated carbocycles. The molecule has 0 aliphatic heterocycles. The smallest absolute Gasteiger partial charge is 0.413 e. The average Bonchev–Trinajstić information content (AvgIpc) is 1.96. The van der Waals surface area contributed by atoms with Crippen molar-refractivity contribution in [3.8, 4) is 0 Å². The number of nitrogens with one attached hydrogen (secondary N) is 2. The number of rotatable bonds is 2. The van der Waals surface area contributed by atoms with Gasteiger partial charge in [0.05, 0.1) is 0 Å². The van der Waals surface area contributed by atoms with E-state index in [0.717, 1.165) is 13.0 Å². The number of hydrogen-bond donors (Lipinski definition) is 2. The molecule has 0 heterocycles. The van der Waals surface area contributed by atoms with Crippen LogP contribution in [0.3, 0.4) is 0 Å². The van der Waals surface area contributed by atoms with Gasteiger partial charge >= 0.3 is 6.09 Å². The molecule has 0 aliphatic carbocycles. The van der Waals surface area contributed by atoms with Gasteiger partial charge < -0.3 is 10.1 Å². The van der Waals surface area contributed by atoms with Crippen LogP contribution in [-0.2, 0) is 4.74 Å². The maximum Gasteiger partial charge on any atom is 0.413 e. The molecule has 0 atom stereocenters. The Bertz CT molecular complexity index is 211. The second kappa shape index (κ2) is 5.80. The first kappa shape index (κ1) is 13.2. The molecule has 4 nitrogen and oxygen atoms in total. The molecule has 0 aromatic heterocycles. The van der Waals surface area contributed by atoms with Gasteiger partial charge in [-0.3, -0.25) is 5.32 Å². The summed E-state index contributed by atoms with van der Waals surface area (Å²) in [7, 11) is 0. The average molecular weight is 218 g/mol. The molecule has 0 aromatic carbocycles. The molecule has 0 saturated heterocycles. The lowest BCUT2D eigenvalue weighted by molar-refractivity contribution is 0.0562. The molecule has 5 heteroatoms. The SMILES string of the molecule is CCCNC(=S)NC(=O)OC(C)(C)C. The van der Waals surface area contributed by atoms with Gasteiger partial charge in [0, 0.05) is 6.54 Å². The normalized spacial score (nSPS) is 10.6. The van der Waals surface area contributed by atoms with Crippen LogP contribution in [0.5, 0.6) is 0 Å². The van der Waals surface area contributed by atoms with Crippen molar-refractivity contribution < 1.29 is 9.53 Å². The van der Waals surface area contributed by atoms with Crippen molar-refractivity contribution in [1.29, 1.82) is 0 Å². The second-order valence-corrected chi connectivity index (χ2v) is 4.29. The monoisotopic (exact) mass is 218 g/mol. The third kappa shape index (κ3) is 7.79. The van der Waals surface area contributed by atoms with E-state index in [1.165, 1.54) is 0 Å². The van der Waals surface area contributed by atoms with Crippen molar-refractivity contribution in [2.75, 3.05) is 6.54 Å². The quantitative estimate of drug-likeness (QED) is 0.694. The van der Waals surface area contributed by atoms with E-state index in [4.69, 9.17) is 17.0 Å². The number of hydrogen-bond acceptors (Lipinski definition) is 3. The van der Waals surface area contributed by atoms with E-state index in [0.29, 0.717) is 5.11 Å². The van der Waals surface area contributed by atoms with Gasteiger partial charge in [-0.15, -0.1) is 0 Å². The molecule has 0 aliphatic rings. The summed E-state index contributed by atoms with van der Waals surface area (Å²) in [4.78, 5) is 11.2. The lowest BCUT2D eigenvalue weighted by Crippen LogP contribution is -2.42. The van der Waals surface area contributed by atoms with Crippen LogP contribution >= 0.6 is 12.2 Å². The fraction of sp³-hybridized carbons (Fsp3) is 0.778. The summed E-state index contributed by atoms with van der Waals surface area (Å²) < 4.78 is 5.01. The van der Waals surface area contributed by atoms with Crippen LogP contribution in [0.1, 0.15) is 34.1 Å². The van der Waals surface area contributed by atoms with Gasteiger partial charge in [-0.25, -0.2) is 4.79 Å². The first-order chi connectivity index (χ1) is 6.35. The summed E-state index contributed by atoms with van der Waals surface area (Å²) in [6, 6.07) is 0. The summed E-state index contributed by atoms with van der Waals surface area (Å²) in [6.07, 6.45) is 0.432. The highest BCUT2D eigenvalue weighted by molar-refractivity contribution is 7.80. The predicted molar refractivity (Wildman–Crippen MR) is 60.3 cm³/mol.